The molecule has 0 aliphatic heterocycles. The van der Waals surface area contributed by atoms with Crippen molar-refractivity contribution in [2.45, 2.75) is 32.9 Å². The summed E-state index contributed by atoms with van der Waals surface area (Å²) in [5.74, 6) is 2.62. The fourth-order valence-electron chi connectivity index (χ4n) is 0.701. The average Bonchev–Trinajstić information content (AvgIpc) is 1.97. The van der Waals surface area contributed by atoms with Crippen LogP contribution in [0.4, 0.5) is 0 Å². The van der Waals surface area contributed by atoms with Crippen molar-refractivity contribution in [1.29, 1.82) is 0 Å². The van der Waals surface area contributed by atoms with Crippen LogP contribution in [0, 0.1) is 12.3 Å². The van der Waals surface area contributed by atoms with Crippen molar-refractivity contribution in [1.82, 2.24) is 5.32 Å². The van der Waals surface area contributed by atoms with Crippen molar-refractivity contribution in [3.8, 4) is 12.3 Å². The molecular formula is C9H17NO. The molecule has 0 spiro atoms. The van der Waals surface area contributed by atoms with Crippen molar-refractivity contribution >= 4 is 0 Å². The summed E-state index contributed by atoms with van der Waals surface area (Å²) in [5, 5.41) is 3.13. The van der Waals surface area contributed by atoms with Crippen molar-refractivity contribution < 1.29 is 4.74 Å². The van der Waals surface area contributed by atoms with Gasteiger partial charge in [0.2, 0.25) is 0 Å². The lowest BCUT2D eigenvalue weighted by Gasteiger charge is -2.13. The fraction of sp³-hybridized carbons (Fsp3) is 0.778. The lowest BCUT2D eigenvalue weighted by atomic mass is 10.3. The number of hydrogen-bond donors (Lipinski definition) is 1. The lowest BCUT2D eigenvalue weighted by molar-refractivity contribution is 0.0712. The average molecular weight is 155 g/mol. The molecule has 11 heavy (non-hydrogen) atoms. The predicted molar refractivity (Wildman–Crippen MR) is 47.4 cm³/mol. The highest BCUT2D eigenvalue weighted by molar-refractivity contribution is 4.98. The first kappa shape index (κ1) is 10.5. The Morgan fingerprint density at radius 3 is 2.55 bits per heavy atom. The maximum absolute atomic E-state index is 5.34. The zero-order chi connectivity index (χ0) is 8.69. The first-order chi connectivity index (χ1) is 5.20. The Kier molecular flexibility index (Phi) is 5.91. The van der Waals surface area contributed by atoms with E-state index in [0.717, 1.165) is 6.54 Å². The SMILES string of the molecule is C#CC(COC(C)C)NCC. The maximum atomic E-state index is 5.34. The third kappa shape index (κ3) is 5.90. The van der Waals surface area contributed by atoms with E-state index < -0.39 is 0 Å². The van der Waals surface area contributed by atoms with Crippen LogP contribution in [0.25, 0.3) is 0 Å². The van der Waals surface area contributed by atoms with Crippen molar-refractivity contribution in [2.24, 2.45) is 0 Å². The molecule has 0 aromatic carbocycles. The highest BCUT2D eigenvalue weighted by Gasteiger charge is 2.02. The second kappa shape index (κ2) is 6.21. The maximum Gasteiger partial charge on any atom is 0.0924 e. The number of nitrogens with one attached hydrogen (secondary N) is 1. The highest BCUT2D eigenvalue weighted by Crippen LogP contribution is 1.90. The summed E-state index contributed by atoms with van der Waals surface area (Å²) in [7, 11) is 0. The quantitative estimate of drug-likeness (QED) is 0.599. The van der Waals surface area contributed by atoms with E-state index in [1.807, 2.05) is 20.8 Å². The van der Waals surface area contributed by atoms with Gasteiger partial charge in [0.15, 0.2) is 0 Å². The van der Waals surface area contributed by atoms with Crippen LogP contribution < -0.4 is 5.32 Å². The van der Waals surface area contributed by atoms with E-state index in [9.17, 15) is 0 Å². The summed E-state index contributed by atoms with van der Waals surface area (Å²) in [6.07, 6.45) is 5.51. The van der Waals surface area contributed by atoms with Crippen LogP contribution in [0.1, 0.15) is 20.8 Å². The predicted octanol–water partition coefficient (Wildman–Crippen LogP) is 1.02. The molecule has 1 atom stereocenters. The second-order valence-corrected chi connectivity index (χ2v) is 2.66. The molecule has 2 nitrogen and oxygen atoms in total. The van der Waals surface area contributed by atoms with Gasteiger partial charge in [0.05, 0.1) is 18.8 Å². The van der Waals surface area contributed by atoms with Gasteiger partial charge in [-0.1, -0.05) is 12.8 Å². The molecule has 1 N–H and O–H groups in total. The number of rotatable bonds is 5. The van der Waals surface area contributed by atoms with E-state index in [1.165, 1.54) is 0 Å². The summed E-state index contributed by atoms with van der Waals surface area (Å²) in [4.78, 5) is 0. The van der Waals surface area contributed by atoms with Crippen LogP contribution >= 0.6 is 0 Å². The van der Waals surface area contributed by atoms with Crippen molar-refractivity contribution in [3.05, 3.63) is 0 Å². The third-order valence-electron chi connectivity index (χ3n) is 1.25. The molecule has 0 aliphatic carbocycles. The van der Waals surface area contributed by atoms with Gasteiger partial charge in [-0.05, 0) is 20.4 Å². The van der Waals surface area contributed by atoms with Crippen LogP contribution in [0.3, 0.4) is 0 Å². The summed E-state index contributed by atoms with van der Waals surface area (Å²) in [6, 6.07) is 0.0578. The molecule has 64 valence electrons. The zero-order valence-corrected chi connectivity index (χ0v) is 7.55. The largest absolute Gasteiger partial charge is 0.376 e. The van der Waals surface area contributed by atoms with Gasteiger partial charge in [-0.3, -0.25) is 0 Å². The number of likely N-dealkylation sites (N-methyl/N-ethyl adjacent to an activating group) is 1. The van der Waals surface area contributed by atoms with Crippen LogP contribution in [0.2, 0.25) is 0 Å². The molecule has 1 unspecified atom stereocenters. The lowest BCUT2D eigenvalue weighted by Crippen LogP contribution is -2.32. The first-order valence-corrected chi connectivity index (χ1v) is 4.01. The highest BCUT2D eigenvalue weighted by atomic mass is 16.5. The molecule has 0 aromatic heterocycles. The molecule has 0 amide bonds. The molecule has 0 fully saturated rings. The Hall–Kier alpha value is -0.520. The van der Waals surface area contributed by atoms with E-state index in [-0.39, 0.29) is 12.1 Å². The molecule has 0 saturated carbocycles. The normalized spacial score (nSPS) is 13.0. The van der Waals surface area contributed by atoms with Gasteiger partial charge >= 0.3 is 0 Å². The van der Waals surface area contributed by atoms with E-state index in [0.29, 0.717) is 6.61 Å². The van der Waals surface area contributed by atoms with Gasteiger partial charge < -0.3 is 10.1 Å². The number of ether oxygens (including phenoxy) is 1. The molecule has 0 saturated heterocycles. The van der Waals surface area contributed by atoms with E-state index in [4.69, 9.17) is 11.2 Å². The monoisotopic (exact) mass is 155 g/mol. The Morgan fingerprint density at radius 2 is 2.18 bits per heavy atom. The summed E-state index contributed by atoms with van der Waals surface area (Å²) in [6.45, 7) is 7.51. The van der Waals surface area contributed by atoms with Gasteiger partial charge in [0.25, 0.3) is 0 Å². The Labute approximate surface area is 69.3 Å². The standard InChI is InChI=1S/C9H17NO/c1-5-9(10-6-2)7-11-8(3)4/h1,8-10H,6-7H2,2-4H3. The second-order valence-electron chi connectivity index (χ2n) is 2.66. The summed E-state index contributed by atoms with van der Waals surface area (Å²) in [5.41, 5.74) is 0. The molecule has 2 heteroatoms. The van der Waals surface area contributed by atoms with E-state index >= 15 is 0 Å². The minimum Gasteiger partial charge on any atom is -0.376 e. The van der Waals surface area contributed by atoms with E-state index in [1.54, 1.807) is 0 Å². The van der Waals surface area contributed by atoms with Gasteiger partial charge in [-0.25, -0.2) is 0 Å². The Balaban J connectivity index is 3.46. The molecule has 0 bridgehead atoms. The minimum atomic E-state index is 0.0578. The summed E-state index contributed by atoms with van der Waals surface area (Å²) < 4.78 is 5.34. The molecule has 0 heterocycles. The van der Waals surface area contributed by atoms with Gasteiger partial charge in [0.1, 0.15) is 0 Å². The van der Waals surface area contributed by atoms with Crippen LogP contribution in [0.15, 0.2) is 0 Å². The Bertz CT molecular complexity index is 126. The number of hydrogen-bond acceptors (Lipinski definition) is 2. The molecule has 0 aliphatic rings. The Morgan fingerprint density at radius 1 is 1.55 bits per heavy atom. The van der Waals surface area contributed by atoms with Gasteiger partial charge in [-0.2, -0.15) is 0 Å². The molecule has 0 rings (SSSR count). The topological polar surface area (TPSA) is 21.3 Å². The molecule has 0 radical (unpaired) electrons. The molecule has 0 aromatic rings. The first-order valence-electron chi connectivity index (χ1n) is 4.01. The van der Waals surface area contributed by atoms with E-state index in [2.05, 4.69) is 11.2 Å². The van der Waals surface area contributed by atoms with Crippen LogP contribution in [0.5, 0.6) is 0 Å². The fourth-order valence-corrected chi connectivity index (χ4v) is 0.701. The number of terminal acetylenes is 1. The molecular weight excluding hydrogens is 138 g/mol. The van der Waals surface area contributed by atoms with Gasteiger partial charge in [-0.15, -0.1) is 6.42 Å². The van der Waals surface area contributed by atoms with Gasteiger partial charge in [0, 0.05) is 0 Å². The summed E-state index contributed by atoms with van der Waals surface area (Å²) >= 11 is 0. The van der Waals surface area contributed by atoms with Crippen LogP contribution in [-0.4, -0.2) is 25.3 Å². The zero-order valence-electron chi connectivity index (χ0n) is 7.55. The minimum absolute atomic E-state index is 0.0578. The third-order valence-corrected chi connectivity index (χ3v) is 1.25. The van der Waals surface area contributed by atoms with Crippen LogP contribution in [-0.2, 0) is 4.74 Å². The van der Waals surface area contributed by atoms with Crippen molar-refractivity contribution in [2.75, 3.05) is 13.2 Å². The van der Waals surface area contributed by atoms with Crippen molar-refractivity contribution in [3.63, 3.8) is 0 Å². The smallest absolute Gasteiger partial charge is 0.0924 e.